The number of rotatable bonds is 7. The topological polar surface area (TPSA) is 94.2 Å². The molecule has 0 spiro atoms. The van der Waals surface area contributed by atoms with Gasteiger partial charge >= 0.3 is 0 Å². The molecule has 32 heavy (non-hydrogen) atoms. The zero-order chi connectivity index (χ0) is 23.5. The summed E-state index contributed by atoms with van der Waals surface area (Å²) in [6.45, 7) is 4.96. The van der Waals surface area contributed by atoms with Gasteiger partial charge in [0, 0.05) is 24.7 Å². The van der Waals surface area contributed by atoms with Gasteiger partial charge in [-0.25, -0.2) is 8.42 Å². The lowest BCUT2D eigenvalue weighted by molar-refractivity contribution is 0.102. The number of benzene rings is 2. The summed E-state index contributed by atoms with van der Waals surface area (Å²) in [7, 11) is 0.594. The van der Waals surface area contributed by atoms with Crippen LogP contribution in [0.1, 0.15) is 30.6 Å². The minimum Gasteiger partial charge on any atom is -0.497 e. The molecule has 0 radical (unpaired) electrons. The van der Waals surface area contributed by atoms with E-state index in [1.807, 2.05) is 13.8 Å². The third-order valence-electron chi connectivity index (χ3n) is 5.53. The van der Waals surface area contributed by atoms with E-state index in [0.717, 1.165) is 6.42 Å². The third kappa shape index (κ3) is 4.99. The highest BCUT2D eigenvalue weighted by Gasteiger charge is 2.34. The van der Waals surface area contributed by atoms with Crippen LogP contribution in [0.25, 0.3) is 0 Å². The molecule has 8 nitrogen and oxygen atoms in total. The Labute approximate surface area is 189 Å². The van der Waals surface area contributed by atoms with E-state index < -0.39 is 15.9 Å². The van der Waals surface area contributed by atoms with Crippen molar-refractivity contribution in [2.24, 2.45) is 11.8 Å². The van der Waals surface area contributed by atoms with Gasteiger partial charge in [0.1, 0.15) is 22.1 Å². The van der Waals surface area contributed by atoms with Crippen molar-refractivity contribution in [2.45, 2.75) is 25.2 Å². The molecule has 1 heterocycles. The molecule has 1 amide bonds. The Morgan fingerprint density at radius 3 is 2.16 bits per heavy atom. The second-order valence-corrected chi connectivity index (χ2v) is 10.1. The van der Waals surface area contributed by atoms with Crippen LogP contribution in [0.4, 0.5) is 5.69 Å². The molecule has 2 aromatic carbocycles. The van der Waals surface area contributed by atoms with E-state index in [1.54, 1.807) is 18.2 Å². The van der Waals surface area contributed by atoms with Crippen molar-refractivity contribution in [3.8, 4) is 17.2 Å². The van der Waals surface area contributed by atoms with Crippen molar-refractivity contribution in [2.75, 3.05) is 39.7 Å². The van der Waals surface area contributed by atoms with Crippen molar-refractivity contribution in [3.63, 3.8) is 0 Å². The fourth-order valence-corrected chi connectivity index (χ4v) is 5.93. The van der Waals surface area contributed by atoms with E-state index in [0.29, 0.717) is 30.3 Å². The molecule has 2 atom stereocenters. The van der Waals surface area contributed by atoms with E-state index in [4.69, 9.17) is 14.2 Å². The minimum absolute atomic E-state index is 0.0217. The van der Waals surface area contributed by atoms with Gasteiger partial charge in [-0.2, -0.15) is 4.31 Å². The number of carbonyl (C=O) groups is 1. The minimum atomic E-state index is -3.84. The highest BCUT2D eigenvalue weighted by atomic mass is 32.2. The number of hydrogen-bond donors (Lipinski definition) is 1. The Bertz CT molecular complexity index is 1080. The first-order valence-electron chi connectivity index (χ1n) is 10.4. The predicted molar refractivity (Wildman–Crippen MR) is 122 cm³/mol. The quantitative estimate of drug-likeness (QED) is 0.675. The number of nitrogens with zero attached hydrogens (tertiary/aromatic N) is 1. The summed E-state index contributed by atoms with van der Waals surface area (Å²) in [6.07, 6.45) is 0.980. The summed E-state index contributed by atoms with van der Waals surface area (Å²) >= 11 is 0. The van der Waals surface area contributed by atoms with Crippen molar-refractivity contribution >= 4 is 21.6 Å². The van der Waals surface area contributed by atoms with Crippen LogP contribution in [0.15, 0.2) is 41.3 Å². The molecular formula is C23H30N2O6S. The van der Waals surface area contributed by atoms with Crippen LogP contribution in [0, 0.1) is 11.8 Å². The molecule has 0 aliphatic carbocycles. The van der Waals surface area contributed by atoms with Crippen LogP contribution < -0.4 is 19.5 Å². The van der Waals surface area contributed by atoms with Crippen molar-refractivity contribution in [1.82, 2.24) is 4.31 Å². The molecule has 0 aromatic heterocycles. The number of hydrogen-bond acceptors (Lipinski definition) is 6. The van der Waals surface area contributed by atoms with E-state index >= 15 is 0 Å². The van der Waals surface area contributed by atoms with Gasteiger partial charge in [-0.1, -0.05) is 13.8 Å². The molecule has 1 saturated heterocycles. The zero-order valence-electron chi connectivity index (χ0n) is 19.0. The molecule has 2 aromatic rings. The monoisotopic (exact) mass is 462 g/mol. The van der Waals surface area contributed by atoms with Crippen LogP contribution in [0.2, 0.25) is 0 Å². The van der Waals surface area contributed by atoms with Crippen LogP contribution in [0.3, 0.4) is 0 Å². The van der Waals surface area contributed by atoms with Gasteiger partial charge in [-0.15, -0.1) is 0 Å². The maximum Gasteiger partial charge on any atom is 0.255 e. The molecule has 9 heteroatoms. The largest absolute Gasteiger partial charge is 0.497 e. The molecule has 3 rings (SSSR count). The van der Waals surface area contributed by atoms with Gasteiger partial charge in [-0.3, -0.25) is 4.79 Å². The second kappa shape index (κ2) is 9.79. The summed E-state index contributed by atoms with van der Waals surface area (Å²) in [5.41, 5.74) is 0.600. The molecule has 2 unspecified atom stereocenters. The number of carbonyl (C=O) groups excluding carboxylic acids is 1. The zero-order valence-corrected chi connectivity index (χ0v) is 19.9. The molecule has 1 aliphatic rings. The lowest BCUT2D eigenvalue weighted by Crippen LogP contribution is -2.42. The molecule has 1 aliphatic heterocycles. The Morgan fingerprint density at radius 1 is 0.938 bits per heavy atom. The van der Waals surface area contributed by atoms with E-state index in [1.165, 1.54) is 43.8 Å². The van der Waals surface area contributed by atoms with Gasteiger partial charge in [0.15, 0.2) is 0 Å². The Morgan fingerprint density at radius 2 is 1.56 bits per heavy atom. The summed E-state index contributed by atoms with van der Waals surface area (Å²) in [4.78, 5) is 13.0. The lowest BCUT2D eigenvalue weighted by Gasteiger charge is -2.34. The molecule has 1 N–H and O–H groups in total. The Kier molecular flexibility index (Phi) is 7.30. The van der Waals surface area contributed by atoms with E-state index in [2.05, 4.69) is 5.32 Å². The van der Waals surface area contributed by atoms with Gasteiger partial charge in [0.05, 0.1) is 27.0 Å². The highest BCUT2D eigenvalue weighted by Crippen LogP contribution is 2.33. The molecule has 174 valence electrons. The lowest BCUT2D eigenvalue weighted by atomic mass is 9.94. The Balaban J connectivity index is 1.95. The maximum absolute atomic E-state index is 13.5. The summed E-state index contributed by atoms with van der Waals surface area (Å²) in [6, 6.07) is 9.42. The van der Waals surface area contributed by atoms with Crippen LogP contribution in [-0.4, -0.2) is 53.0 Å². The fraction of sp³-hybridized carbons (Fsp3) is 0.435. The normalized spacial score (nSPS) is 19.3. The smallest absolute Gasteiger partial charge is 0.255 e. The van der Waals surface area contributed by atoms with Gasteiger partial charge in [0.2, 0.25) is 10.0 Å². The predicted octanol–water partition coefficient (Wildman–Crippen LogP) is 3.63. The summed E-state index contributed by atoms with van der Waals surface area (Å²) < 4.78 is 44.2. The summed E-state index contributed by atoms with van der Waals surface area (Å²) in [5, 5.41) is 2.77. The van der Waals surface area contributed by atoms with E-state index in [-0.39, 0.29) is 28.0 Å². The second-order valence-electron chi connectivity index (χ2n) is 8.15. The summed E-state index contributed by atoms with van der Waals surface area (Å²) in [5.74, 6) is 1.24. The molecular weight excluding hydrogens is 432 g/mol. The SMILES string of the molecule is COc1ccc(OC)c(NC(=O)c2ccc(OC)c(S(=O)(=O)N3CC(C)CC(C)C3)c2)c1. The molecule has 1 fully saturated rings. The number of ether oxygens (including phenoxy) is 3. The maximum atomic E-state index is 13.5. The number of sulfonamides is 1. The van der Waals surface area contributed by atoms with E-state index in [9.17, 15) is 13.2 Å². The number of methoxy groups -OCH3 is 3. The van der Waals surface area contributed by atoms with Crippen molar-refractivity contribution in [1.29, 1.82) is 0 Å². The van der Waals surface area contributed by atoms with Gasteiger partial charge < -0.3 is 19.5 Å². The average molecular weight is 463 g/mol. The highest BCUT2D eigenvalue weighted by molar-refractivity contribution is 7.89. The molecule has 0 bridgehead atoms. The van der Waals surface area contributed by atoms with Crippen LogP contribution in [-0.2, 0) is 10.0 Å². The number of nitrogens with one attached hydrogen (secondary N) is 1. The van der Waals surface area contributed by atoms with Crippen molar-refractivity contribution < 1.29 is 27.4 Å². The Hall–Kier alpha value is -2.78. The first-order valence-corrected chi connectivity index (χ1v) is 11.8. The average Bonchev–Trinajstić information content (AvgIpc) is 2.77. The van der Waals surface area contributed by atoms with Gasteiger partial charge in [-0.05, 0) is 48.6 Å². The van der Waals surface area contributed by atoms with Gasteiger partial charge in [0.25, 0.3) is 5.91 Å². The number of piperidine rings is 1. The number of amides is 1. The fourth-order valence-electron chi connectivity index (χ4n) is 4.07. The number of anilines is 1. The van der Waals surface area contributed by atoms with Crippen LogP contribution >= 0.6 is 0 Å². The van der Waals surface area contributed by atoms with Crippen LogP contribution in [0.5, 0.6) is 17.2 Å². The first kappa shape index (κ1) is 23.9. The third-order valence-corrected chi connectivity index (χ3v) is 7.39. The first-order chi connectivity index (χ1) is 15.2. The van der Waals surface area contributed by atoms with Crippen molar-refractivity contribution in [3.05, 3.63) is 42.0 Å². The molecule has 0 saturated carbocycles. The standard InChI is InChI=1S/C23H30N2O6S/c1-15-10-16(2)14-25(13-15)32(27,28)22-11-17(6-8-21(22)31-5)23(26)24-19-12-18(29-3)7-9-20(19)30-4/h6-9,11-12,15-16H,10,13-14H2,1-5H3,(H,24,26).